The van der Waals surface area contributed by atoms with E-state index in [4.69, 9.17) is 0 Å². The molecule has 0 aromatic heterocycles. The first-order chi connectivity index (χ1) is 9.79. The molecule has 1 atom stereocenters. The van der Waals surface area contributed by atoms with Crippen LogP contribution in [0.2, 0.25) is 0 Å². The number of nitrogens with one attached hydrogen (secondary N) is 1. The summed E-state index contributed by atoms with van der Waals surface area (Å²) in [5, 5.41) is 2.74. The fourth-order valence-electron chi connectivity index (χ4n) is 2.07. The van der Waals surface area contributed by atoms with Crippen molar-refractivity contribution < 1.29 is 18.0 Å². The highest BCUT2D eigenvalue weighted by atomic mass is 79.9. The largest absolute Gasteiger partial charge is 0.416 e. The van der Waals surface area contributed by atoms with Crippen LogP contribution in [0.4, 0.5) is 13.2 Å². The average Bonchev–Trinajstić information content (AvgIpc) is 2.45. The smallest absolute Gasteiger partial charge is 0.351 e. The van der Waals surface area contributed by atoms with Gasteiger partial charge in [0.15, 0.2) is 0 Å². The van der Waals surface area contributed by atoms with Gasteiger partial charge in [-0.3, -0.25) is 4.79 Å². The minimum Gasteiger partial charge on any atom is -0.351 e. The van der Waals surface area contributed by atoms with Crippen LogP contribution in [0.15, 0.2) is 24.3 Å². The SMILES string of the molecule is CCC(CC)C(Br)CNC(=O)c1ccc(C(F)(F)F)cc1. The van der Waals surface area contributed by atoms with E-state index >= 15 is 0 Å². The molecule has 0 aliphatic heterocycles. The van der Waals surface area contributed by atoms with E-state index in [1.54, 1.807) is 0 Å². The summed E-state index contributed by atoms with van der Waals surface area (Å²) in [6.45, 7) is 4.62. The lowest BCUT2D eigenvalue weighted by molar-refractivity contribution is -0.137. The molecule has 1 aromatic rings. The quantitative estimate of drug-likeness (QED) is 0.731. The Bertz CT molecular complexity index is 455. The lowest BCUT2D eigenvalue weighted by Gasteiger charge is -2.20. The molecule has 0 saturated carbocycles. The summed E-state index contributed by atoms with van der Waals surface area (Å²) in [6.07, 6.45) is -2.38. The fraction of sp³-hybridized carbons (Fsp3) is 0.533. The normalized spacial score (nSPS) is 13.3. The van der Waals surface area contributed by atoms with Crippen molar-refractivity contribution in [2.75, 3.05) is 6.54 Å². The Labute approximate surface area is 131 Å². The number of amides is 1. The zero-order valence-electron chi connectivity index (χ0n) is 12.0. The van der Waals surface area contributed by atoms with Crippen molar-refractivity contribution in [2.45, 2.75) is 37.7 Å². The molecule has 21 heavy (non-hydrogen) atoms. The maximum absolute atomic E-state index is 12.4. The number of benzene rings is 1. The van der Waals surface area contributed by atoms with Gasteiger partial charge < -0.3 is 5.32 Å². The number of alkyl halides is 4. The molecule has 0 saturated heterocycles. The van der Waals surface area contributed by atoms with Gasteiger partial charge in [0.1, 0.15) is 0 Å². The molecule has 2 nitrogen and oxygen atoms in total. The van der Waals surface area contributed by atoms with E-state index in [1.807, 2.05) is 0 Å². The van der Waals surface area contributed by atoms with Crippen LogP contribution in [0, 0.1) is 5.92 Å². The van der Waals surface area contributed by atoms with Crippen LogP contribution in [0.1, 0.15) is 42.6 Å². The minimum absolute atomic E-state index is 0.158. The van der Waals surface area contributed by atoms with Gasteiger partial charge in [-0.1, -0.05) is 42.6 Å². The molecule has 118 valence electrons. The lowest BCUT2D eigenvalue weighted by atomic mass is 9.99. The van der Waals surface area contributed by atoms with Gasteiger partial charge in [0.2, 0.25) is 0 Å². The second kappa shape index (κ2) is 7.82. The summed E-state index contributed by atoms with van der Waals surface area (Å²) in [4.78, 5) is 12.1. The van der Waals surface area contributed by atoms with Crippen LogP contribution >= 0.6 is 15.9 Å². The summed E-state index contributed by atoms with van der Waals surface area (Å²) in [5.41, 5.74) is -0.526. The molecule has 1 N–H and O–H groups in total. The molecule has 0 heterocycles. The Hall–Kier alpha value is -1.04. The highest BCUT2D eigenvalue weighted by Crippen LogP contribution is 2.29. The zero-order valence-corrected chi connectivity index (χ0v) is 13.6. The molecule has 1 amide bonds. The topological polar surface area (TPSA) is 29.1 Å². The van der Waals surface area contributed by atoms with E-state index < -0.39 is 11.7 Å². The first-order valence-corrected chi connectivity index (χ1v) is 7.80. The van der Waals surface area contributed by atoms with Crippen molar-refractivity contribution in [3.63, 3.8) is 0 Å². The zero-order chi connectivity index (χ0) is 16.0. The Morgan fingerprint density at radius 3 is 2.14 bits per heavy atom. The van der Waals surface area contributed by atoms with Gasteiger partial charge in [-0.2, -0.15) is 13.2 Å². The van der Waals surface area contributed by atoms with Crippen molar-refractivity contribution in [1.29, 1.82) is 0 Å². The summed E-state index contributed by atoms with van der Waals surface area (Å²) in [5.74, 6) is 0.0945. The van der Waals surface area contributed by atoms with E-state index in [2.05, 4.69) is 35.1 Å². The predicted molar refractivity (Wildman–Crippen MR) is 80.6 cm³/mol. The molecule has 0 aliphatic rings. The van der Waals surface area contributed by atoms with Crippen LogP contribution in [-0.4, -0.2) is 17.3 Å². The third-order valence-corrected chi connectivity index (χ3v) is 4.56. The van der Waals surface area contributed by atoms with Crippen molar-refractivity contribution in [2.24, 2.45) is 5.92 Å². The van der Waals surface area contributed by atoms with Crippen molar-refractivity contribution in [1.82, 2.24) is 5.32 Å². The number of carbonyl (C=O) groups is 1. The lowest BCUT2D eigenvalue weighted by Crippen LogP contribution is -2.32. The molecule has 1 aromatic carbocycles. The number of halogens is 4. The van der Waals surface area contributed by atoms with E-state index in [9.17, 15) is 18.0 Å². The Morgan fingerprint density at radius 2 is 1.71 bits per heavy atom. The van der Waals surface area contributed by atoms with Gasteiger partial charge in [-0.05, 0) is 30.2 Å². The second-order valence-electron chi connectivity index (χ2n) is 4.88. The summed E-state index contributed by atoms with van der Waals surface area (Å²) < 4.78 is 37.3. The standard InChI is InChI=1S/C15H19BrF3NO/c1-3-10(4-2)13(16)9-20-14(21)11-5-7-12(8-6-11)15(17,18)19/h5-8,10,13H,3-4,9H2,1-2H3,(H,20,21). The number of hydrogen-bond acceptors (Lipinski definition) is 1. The Balaban J connectivity index is 2.60. The number of rotatable bonds is 6. The Kier molecular flexibility index (Phi) is 6.71. The van der Waals surface area contributed by atoms with Crippen LogP contribution in [0.5, 0.6) is 0 Å². The van der Waals surface area contributed by atoms with Crippen LogP contribution in [0.3, 0.4) is 0 Å². The van der Waals surface area contributed by atoms with E-state index in [0.717, 1.165) is 25.0 Å². The molecule has 0 fully saturated rings. The van der Waals surface area contributed by atoms with Gasteiger partial charge in [0.05, 0.1) is 5.56 Å². The van der Waals surface area contributed by atoms with Gasteiger partial charge in [-0.15, -0.1) is 0 Å². The summed E-state index contributed by atoms with van der Waals surface area (Å²) in [7, 11) is 0. The minimum atomic E-state index is -4.38. The molecule has 0 radical (unpaired) electrons. The second-order valence-corrected chi connectivity index (χ2v) is 6.05. The van der Waals surface area contributed by atoms with Crippen LogP contribution in [0.25, 0.3) is 0 Å². The maximum Gasteiger partial charge on any atom is 0.416 e. The van der Waals surface area contributed by atoms with Gasteiger partial charge >= 0.3 is 6.18 Å². The predicted octanol–water partition coefficient (Wildman–Crippen LogP) is 4.63. The average molecular weight is 366 g/mol. The highest BCUT2D eigenvalue weighted by Gasteiger charge is 2.30. The Morgan fingerprint density at radius 1 is 1.19 bits per heavy atom. The van der Waals surface area contributed by atoms with E-state index in [-0.39, 0.29) is 16.3 Å². The van der Waals surface area contributed by atoms with Gasteiger partial charge in [0, 0.05) is 16.9 Å². The summed E-state index contributed by atoms with van der Waals surface area (Å²) in [6, 6.07) is 4.22. The molecule has 0 aliphatic carbocycles. The van der Waals surface area contributed by atoms with Crippen LogP contribution < -0.4 is 5.32 Å². The first-order valence-electron chi connectivity index (χ1n) is 6.89. The highest BCUT2D eigenvalue weighted by molar-refractivity contribution is 9.09. The van der Waals surface area contributed by atoms with E-state index in [0.29, 0.717) is 12.5 Å². The number of hydrogen-bond donors (Lipinski definition) is 1. The fourth-order valence-corrected chi connectivity index (χ4v) is 2.98. The molecule has 6 heteroatoms. The number of carbonyl (C=O) groups excluding carboxylic acids is 1. The third kappa shape index (κ3) is 5.34. The maximum atomic E-state index is 12.4. The summed E-state index contributed by atoms with van der Waals surface area (Å²) >= 11 is 3.54. The third-order valence-electron chi connectivity index (χ3n) is 3.49. The monoisotopic (exact) mass is 365 g/mol. The molecular formula is C15H19BrF3NO. The first kappa shape index (κ1) is 18.0. The van der Waals surface area contributed by atoms with Crippen LogP contribution in [-0.2, 0) is 6.18 Å². The molecule has 0 bridgehead atoms. The van der Waals surface area contributed by atoms with Gasteiger partial charge in [-0.25, -0.2) is 0 Å². The van der Waals surface area contributed by atoms with Crippen molar-refractivity contribution in [3.05, 3.63) is 35.4 Å². The van der Waals surface area contributed by atoms with E-state index in [1.165, 1.54) is 12.1 Å². The van der Waals surface area contributed by atoms with Crippen molar-refractivity contribution in [3.8, 4) is 0 Å². The molecule has 0 spiro atoms. The molecule has 1 rings (SSSR count). The molecule has 1 unspecified atom stereocenters. The molecular weight excluding hydrogens is 347 g/mol. The van der Waals surface area contributed by atoms with Crippen molar-refractivity contribution >= 4 is 21.8 Å². The van der Waals surface area contributed by atoms with Gasteiger partial charge in [0.25, 0.3) is 5.91 Å².